The second-order valence-electron chi connectivity index (χ2n) is 15.4. The molecule has 0 radical (unpaired) electrons. The second kappa shape index (κ2) is 43.0. The lowest BCUT2D eigenvalue weighted by molar-refractivity contribution is -0.161. The molecule has 0 saturated carbocycles. The van der Waals surface area contributed by atoms with Crippen LogP contribution >= 0.6 is 7.82 Å². The summed E-state index contributed by atoms with van der Waals surface area (Å²) in [5.41, 5.74) is 0. The molecule has 3 unspecified atom stereocenters. The quantitative estimate of drug-likeness (QED) is 0.0234. The highest BCUT2D eigenvalue weighted by molar-refractivity contribution is 7.47. The van der Waals surface area contributed by atoms with Crippen LogP contribution in [0.5, 0.6) is 0 Å². The smallest absolute Gasteiger partial charge is 0.462 e. The number of allylic oxidation sites excluding steroid dienone is 8. The molecular weight excluding hydrogens is 755 g/mol. The lowest BCUT2D eigenvalue weighted by Gasteiger charge is -2.20. The fourth-order valence-electron chi connectivity index (χ4n) is 6.10. The zero-order valence-electron chi connectivity index (χ0n) is 36.8. The number of unbranched alkanes of at least 4 members (excludes halogenated alkanes) is 21. The van der Waals surface area contributed by atoms with E-state index in [4.69, 9.17) is 23.6 Å². The predicted octanol–water partition coefficient (Wildman–Crippen LogP) is 12.5. The summed E-state index contributed by atoms with van der Waals surface area (Å²) >= 11 is 0. The van der Waals surface area contributed by atoms with Crippen molar-refractivity contribution in [3.8, 4) is 0 Å². The van der Waals surface area contributed by atoms with Gasteiger partial charge in [0.1, 0.15) is 12.7 Å². The van der Waals surface area contributed by atoms with E-state index in [1.54, 1.807) is 0 Å². The van der Waals surface area contributed by atoms with Crippen molar-refractivity contribution in [2.45, 2.75) is 212 Å². The van der Waals surface area contributed by atoms with Crippen LogP contribution in [0.3, 0.4) is 0 Å². The normalized spacial score (nSPS) is 14.2. The van der Waals surface area contributed by atoms with E-state index in [2.05, 4.69) is 62.5 Å². The lowest BCUT2D eigenvalue weighted by Crippen LogP contribution is -2.29. The van der Waals surface area contributed by atoms with Gasteiger partial charge in [-0.3, -0.25) is 18.6 Å². The zero-order chi connectivity index (χ0) is 42.6. The SMILES string of the molecule is CCCC/C=C\C/C=C\CCCCCCCC(=O)OCC(COP(=O)(O)OCC(O)CO)OC(=O)CCCCCCCCCCC/C=C\C/C=C\CCCCCCC. The number of carbonyl (C=O) groups excluding carboxylic acids is 2. The molecule has 0 aliphatic rings. The van der Waals surface area contributed by atoms with Crippen molar-refractivity contribution >= 4 is 19.8 Å². The Morgan fingerprint density at radius 3 is 1.38 bits per heavy atom. The van der Waals surface area contributed by atoms with Gasteiger partial charge in [-0.1, -0.05) is 165 Å². The largest absolute Gasteiger partial charge is 0.472 e. The van der Waals surface area contributed by atoms with Crippen LogP contribution in [0.2, 0.25) is 0 Å². The molecule has 0 aromatic heterocycles. The highest BCUT2D eigenvalue weighted by Crippen LogP contribution is 2.43. The Morgan fingerprint density at radius 1 is 0.517 bits per heavy atom. The summed E-state index contributed by atoms with van der Waals surface area (Å²) in [6.07, 6.45) is 46.4. The first-order valence-electron chi connectivity index (χ1n) is 23.1. The van der Waals surface area contributed by atoms with Crippen molar-refractivity contribution in [1.29, 1.82) is 0 Å². The van der Waals surface area contributed by atoms with Gasteiger partial charge in [-0.15, -0.1) is 0 Å². The van der Waals surface area contributed by atoms with Crippen LogP contribution in [-0.2, 0) is 32.7 Å². The summed E-state index contributed by atoms with van der Waals surface area (Å²) < 4.78 is 32.7. The number of carbonyl (C=O) groups is 2. The minimum Gasteiger partial charge on any atom is -0.462 e. The Bertz CT molecular complexity index is 1110. The van der Waals surface area contributed by atoms with Crippen LogP contribution in [-0.4, -0.2) is 65.7 Å². The minimum absolute atomic E-state index is 0.175. The molecule has 3 N–H and O–H groups in total. The summed E-state index contributed by atoms with van der Waals surface area (Å²) in [6, 6.07) is 0. The third-order valence-corrected chi connectivity index (χ3v) is 10.7. The maximum absolute atomic E-state index is 12.6. The number of hydrogen-bond donors (Lipinski definition) is 3. The van der Waals surface area contributed by atoms with Crippen molar-refractivity contribution in [2.75, 3.05) is 26.4 Å². The van der Waals surface area contributed by atoms with E-state index in [0.29, 0.717) is 12.8 Å². The van der Waals surface area contributed by atoms with E-state index >= 15 is 0 Å². The van der Waals surface area contributed by atoms with Crippen molar-refractivity contribution < 1.29 is 47.8 Å². The fraction of sp³-hybridized carbons (Fsp3) is 0.787. The Kier molecular flexibility index (Phi) is 41.5. The van der Waals surface area contributed by atoms with Crippen molar-refractivity contribution in [1.82, 2.24) is 0 Å². The highest BCUT2D eigenvalue weighted by Gasteiger charge is 2.27. The Balaban J connectivity index is 4.26. The van der Waals surface area contributed by atoms with Crippen molar-refractivity contribution in [3.63, 3.8) is 0 Å². The van der Waals surface area contributed by atoms with Crippen LogP contribution in [0.15, 0.2) is 48.6 Å². The molecule has 0 saturated heterocycles. The average Bonchev–Trinajstić information content (AvgIpc) is 3.21. The molecule has 0 heterocycles. The Morgan fingerprint density at radius 2 is 0.914 bits per heavy atom. The van der Waals surface area contributed by atoms with Crippen LogP contribution < -0.4 is 0 Å². The number of rotatable bonds is 43. The topological polar surface area (TPSA) is 149 Å². The highest BCUT2D eigenvalue weighted by atomic mass is 31.2. The van der Waals surface area contributed by atoms with Crippen LogP contribution in [0.25, 0.3) is 0 Å². The van der Waals surface area contributed by atoms with E-state index in [9.17, 15) is 24.2 Å². The molecular formula is C47H85O10P. The summed E-state index contributed by atoms with van der Waals surface area (Å²) in [7, 11) is -4.62. The second-order valence-corrected chi connectivity index (χ2v) is 16.9. The first-order chi connectivity index (χ1) is 28.2. The molecule has 0 bridgehead atoms. The predicted molar refractivity (Wildman–Crippen MR) is 237 cm³/mol. The fourth-order valence-corrected chi connectivity index (χ4v) is 6.89. The van der Waals surface area contributed by atoms with Gasteiger partial charge in [0.2, 0.25) is 0 Å². The Hall–Kier alpha value is -2.07. The molecule has 0 amide bonds. The van der Waals surface area contributed by atoms with Gasteiger partial charge < -0.3 is 24.6 Å². The number of phosphoric acid groups is 1. The number of hydrogen-bond acceptors (Lipinski definition) is 9. The standard InChI is InChI=1S/C47H85O10P/c1-3-5-7-9-11-13-15-17-19-20-21-22-23-24-25-27-29-31-33-35-37-39-47(51)57-45(43-56-58(52,53)55-41-44(49)40-48)42-54-46(50)38-36-34-32-30-28-26-18-16-14-12-10-8-6-4-2/h10,12,15-18,20-21,44-45,48-49H,3-9,11,13-14,19,22-43H2,1-2H3,(H,52,53)/b12-10-,17-15-,18-16-,21-20-. The van der Waals surface area contributed by atoms with Gasteiger partial charge in [-0.2, -0.15) is 0 Å². The van der Waals surface area contributed by atoms with E-state index in [1.807, 2.05) is 0 Å². The summed E-state index contributed by atoms with van der Waals surface area (Å²) in [6.45, 7) is 2.32. The Labute approximate surface area is 353 Å². The molecule has 0 fully saturated rings. The molecule has 10 nitrogen and oxygen atoms in total. The van der Waals surface area contributed by atoms with Crippen molar-refractivity contribution in [2.24, 2.45) is 0 Å². The molecule has 0 spiro atoms. The lowest BCUT2D eigenvalue weighted by atomic mass is 10.1. The number of aliphatic hydroxyl groups excluding tert-OH is 2. The van der Waals surface area contributed by atoms with Gasteiger partial charge in [0.15, 0.2) is 6.10 Å². The van der Waals surface area contributed by atoms with E-state index in [1.165, 1.54) is 83.5 Å². The maximum Gasteiger partial charge on any atom is 0.472 e. The van der Waals surface area contributed by atoms with Gasteiger partial charge in [0.25, 0.3) is 0 Å². The summed E-state index contributed by atoms with van der Waals surface area (Å²) in [5, 5.41) is 18.3. The van der Waals surface area contributed by atoms with Crippen LogP contribution in [0.1, 0.15) is 200 Å². The van der Waals surface area contributed by atoms with E-state index in [-0.39, 0.29) is 19.4 Å². The molecule has 0 rings (SSSR count). The first kappa shape index (κ1) is 55.9. The van der Waals surface area contributed by atoms with Gasteiger partial charge in [-0.25, -0.2) is 4.57 Å². The zero-order valence-corrected chi connectivity index (χ0v) is 37.6. The molecule has 0 aliphatic carbocycles. The molecule has 0 aromatic rings. The maximum atomic E-state index is 12.6. The summed E-state index contributed by atoms with van der Waals surface area (Å²) in [5.74, 6) is -0.945. The van der Waals surface area contributed by atoms with Crippen LogP contribution in [0.4, 0.5) is 0 Å². The van der Waals surface area contributed by atoms with Gasteiger partial charge in [0.05, 0.1) is 19.8 Å². The van der Waals surface area contributed by atoms with E-state index in [0.717, 1.165) is 77.0 Å². The van der Waals surface area contributed by atoms with E-state index < -0.39 is 51.8 Å². The van der Waals surface area contributed by atoms with Gasteiger partial charge >= 0.3 is 19.8 Å². The monoisotopic (exact) mass is 841 g/mol. The summed E-state index contributed by atoms with van der Waals surface area (Å²) in [4.78, 5) is 35.0. The minimum atomic E-state index is -4.62. The third-order valence-electron chi connectivity index (χ3n) is 9.71. The molecule has 11 heteroatoms. The van der Waals surface area contributed by atoms with Crippen molar-refractivity contribution in [3.05, 3.63) is 48.6 Å². The molecule has 3 atom stereocenters. The third kappa shape index (κ3) is 42.1. The van der Waals surface area contributed by atoms with Gasteiger partial charge in [0, 0.05) is 12.8 Å². The van der Waals surface area contributed by atoms with Gasteiger partial charge in [-0.05, 0) is 70.6 Å². The molecule has 338 valence electrons. The van der Waals surface area contributed by atoms with Crippen LogP contribution in [0, 0.1) is 0 Å². The molecule has 58 heavy (non-hydrogen) atoms. The number of aliphatic hydroxyl groups is 2. The number of esters is 2. The number of phosphoric ester groups is 1. The molecule has 0 aromatic carbocycles. The molecule has 0 aliphatic heterocycles. The number of ether oxygens (including phenoxy) is 2. The first-order valence-corrected chi connectivity index (χ1v) is 24.6. The average molecular weight is 841 g/mol.